The van der Waals surface area contributed by atoms with Crippen LogP contribution in [0.15, 0.2) is 18.3 Å². The normalized spacial score (nSPS) is 10.9. The molecule has 2 aromatic heterocycles. The molecule has 0 spiro atoms. The van der Waals surface area contributed by atoms with Crippen molar-refractivity contribution in [1.29, 1.82) is 0 Å². The number of aromatic nitrogens is 2. The van der Waals surface area contributed by atoms with Crippen LogP contribution in [0.1, 0.15) is 30.8 Å². The lowest BCUT2D eigenvalue weighted by Crippen LogP contribution is -2.11. The van der Waals surface area contributed by atoms with E-state index in [-0.39, 0.29) is 5.82 Å². The maximum Gasteiger partial charge on any atom is 0.142 e. The van der Waals surface area contributed by atoms with Crippen LogP contribution in [0.4, 0.5) is 4.39 Å². The molecule has 0 radical (unpaired) electrons. The summed E-state index contributed by atoms with van der Waals surface area (Å²) in [5.41, 5.74) is 1.88. The van der Waals surface area contributed by atoms with Crippen LogP contribution >= 0.6 is 11.3 Å². The first kappa shape index (κ1) is 14.1. The number of nitrogens with zero attached hydrogens (tertiary/aromatic N) is 2. The highest BCUT2D eigenvalue weighted by molar-refractivity contribution is 7.15. The van der Waals surface area contributed by atoms with Crippen molar-refractivity contribution in [3.8, 4) is 10.7 Å². The van der Waals surface area contributed by atoms with Gasteiger partial charge in [-0.1, -0.05) is 20.3 Å². The number of aryl methyl sites for hydroxylation is 1. The van der Waals surface area contributed by atoms with E-state index in [1.165, 1.54) is 17.1 Å². The Hall–Kier alpha value is -1.33. The Morgan fingerprint density at radius 1 is 1.32 bits per heavy atom. The van der Waals surface area contributed by atoms with Crippen LogP contribution in [0.3, 0.4) is 0 Å². The predicted molar refractivity (Wildman–Crippen MR) is 76.7 cm³/mol. The van der Waals surface area contributed by atoms with E-state index < -0.39 is 0 Å². The van der Waals surface area contributed by atoms with Crippen LogP contribution < -0.4 is 5.32 Å². The lowest BCUT2D eigenvalue weighted by atomic mass is 10.2. The summed E-state index contributed by atoms with van der Waals surface area (Å²) < 4.78 is 12.9. The van der Waals surface area contributed by atoms with Crippen LogP contribution in [-0.2, 0) is 13.0 Å². The molecule has 0 aliphatic carbocycles. The standard InChI is InChI=1S/C14H18FN3S/c1-3-5-11-13(9-16-4-2)19-14(18-11)12-7-6-10(15)8-17-12/h6-8,16H,3-5,9H2,1-2H3. The molecule has 2 aromatic rings. The molecular formula is C14H18FN3S. The zero-order chi connectivity index (χ0) is 13.7. The van der Waals surface area contributed by atoms with Gasteiger partial charge >= 0.3 is 0 Å². The molecule has 19 heavy (non-hydrogen) atoms. The van der Waals surface area contributed by atoms with Crippen molar-refractivity contribution in [1.82, 2.24) is 15.3 Å². The monoisotopic (exact) mass is 279 g/mol. The maximum absolute atomic E-state index is 12.9. The molecule has 102 valence electrons. The van der Waals surface area contributed by atoms with Crippen molar-refractivity contribution in [3.63, 3.8) is 0 Å². The quantitative estimate of drug-likeness (QED) is 0.880. The fraction of sp³-hybridized carbons (Fsp3) is 0.429. The Kier molecular flexibility index (Phi) is 4.99. The van der Waals surface area contributed by atoms with Gasteiger partial charge in [-0.15, -0.1) is 11.3 Å². The lowest BCUT2D eigenvalue weighted by molar-refractivity contribution is 0.622. The van der Waals surface area contributed by atoms with E-state index in [9.17, 15) is 4.39 Å². The largest absolute Gasteiger partial charge is 0.312 e. The third kappa shape index (κ3) is 3.58. The summed E-state index contributed by atoms with van der Waals surface area (Å²) in [6.45, 7) is 6.01. The average Bonchev–Trinajstić information content (AvgIpc) is 2.81. The van der Waals surface area contributed by atoms with Gasteiger partial charge in [0, 0.05) is 11.4 Å². The third-order valence-electron chi connectivity index (χ3n) is 2.75. The first-order chi connectivity index (χ1) is 9.24. The Morgan fingerprint density at radius 2 is 2.16 bits per heavy atom. The molecule has 0 amide bonds. The van der Waals surface area contributed by atoms with Crippen molar-refractivity contribution < 1.29 is 4.39 Å². The summed E-state index contributed by atoms with van der Waals surface area (Å²) in [6, 6.07) is 3.11. The average molecular weight is 279 g/mol. The van der Waals surface area contributed by atoms with E-state index in [2.05, 4.69) is 29.1 Å². The molecule has 2 heterocycles. The second kappa shape index (κ2) is 6.73. The van der Waals surface area contributed by atoms with Gasteiger partial charge in [0.05, 0.1) is 17.6 Å². The molecule has 3 nitrogen and oxygen atoms in total. The molecule has 0 fully saturated rings. The zero-order valence-corrected chi connectivity index (χ0v) is 12.1. The number of rotatable bonds is 6. The lowest BCUT2D eigenvalue weighted by Gasteiger charge is -2.00. The second-order valence-electron chi connectivity index (χ2n) is 4.28. The summed E-state index contributed by atoms with van der Waals surface area (Å²) in [4.78, 5) is 10.00. The molecule has 0 aliphatic heterocycles. The van der Waals surface area contributed by atoms with E-state index in [0.29, 0.717) is 0 Å². The predicted octanol–water partition coefficient (Wildman–Crippen LogP) is 3.41. The third-order valence-corrected chi connectivity index (χ3v) is 3.87. The molecular weight excluding hydrogens is 261 g/mol. The van der Waals surface area contributed by atoms with E-state index >= 15 is 0 Å². The molecule has 0 atom stereocenters. The fourth-order valence-electron chi connectivity index (χ4n) is 1.80. The summed E-state index contributed by atoms with van der Waals surface area (Å²) in [5, 5.41) is 4.20. The minimum atomic E-state index is -0.318. The highest BCUT2D eigenvalue weighted by Crippen LogP contribution is 2.27. The summed E-state index contributed by atoms with van der Waals surface area (Å²) in [7, 11) is 0. The van der Waals surface area contributed by atoms with Crippen molar-refractivity contribution in [3.05, 3.63) is 34.7 Å². The molecule has 0 aromatic carbocycles. The Bertz CT molecular complexity index is 522. The van der Waals surface area contributed by atoms with Crippen LogP contribution in [0.2, 0.25) is 0 Å². The van der Waals surface area contributed by atoms with Crippen molar-refractivity contribution in [2.45, 2.75) is 33.2 Å². The molecule has 5 heteroatoms. The van der Waals surface area contributed by atoms with Crippen molar-refractivity contribution in [2.24, 2.45) is 0 Å². The first-order valence-electron chi connectivity index (χ1n) is 6.55. The van der Waals surface area contributed by atoms with E-state index in [4.69, 9.17) is 0 Å². The summed E-state index contributed by atoms with van der Waals surface area (Å²) >= 11 is 1.64. The molecule has 2 rings (SSSR count). The first-order valence-corrected chi connectivity index (χ1v) is 7.37. The fourth-order valence-corrected chi connectivity index (χ4v) is 2.86. The molecule has 1 N–H and O–H groups in total. The molecule has 0 bridgehead atoms. The molecule has 0 aliphatic rings. The summed E-state index contributed by atoms with van der Waals surface area (Å²) in [5.74, 6) is -0.318. The molecule has 0 saturated carbocycles. The van der Waals surface area contributed by atoms with E-state index in [0.717, 1.165) is 42.3 Å². The summed E-state index contributed by atoms with van der Waals surface area (Å²) in [6.07, 6.45) is 3.28. The zero-order valence-electron chi connectivity index (χ0n) is 11.2. The van der Waals surface area contributed by atoms with Crippen LogP contribution in [0, 0.1) is 5.82 Å². The van der Waals surface area contributed by atoms with Crippen molar-refractivity contribution in [2.75, 3.05) is 6.54 Å². The van der Waals surface area contributed by atoms with Gasteiger partial charge in [-0.05, 0) is 25.1 Å². The van der Waals surface area contributed by atoms with Gasteiger partial charge in [0.15, 0.2) is 0 Å². The van der Waals surface area contributed by atoms with E-state index in [1.54, 1.807) is 17.4 Å². The topological polar surface area (TPSA) is 37.8 Å². The number of halogens is 1. The minimum absolute atomic E-state index is 0.318. The van der Waals surface area contributed by atoms with Gasteiger partial charge in [0.1, 0.15) is 10.8 Å². The van der Waals surface area contributed by atoms with Crippen molar-refractivity contribution >= 4 is 11.3 Å². The van der Waals surface area contributed by atoms with Gasteiger partial charge in [-0.3, -0.25) is 4.98 Å². The van der Waals surface area contributed by atoms with Gasteiger partial charge in [0.25, 0.3) is 0 Å². The smallest absolute Gasteiger partial charge is 0.142 e. The van der Waals surface area contributed by atoms with Crippen LogP contribution in [-0.4, -0.2) is 16.5 Å². The number of nitrogens with one attached hydrogen (secondary N) is 1. The van der Waals surface area contributed by atoms with E-state index in [1.807, 2.05) is 0 Å². The Labute approximate surface area is 116 Å². The Morgan fingerprint density at radius 3 is 2.79 bits per heavy atom. The minimum Gasteiger partial charge on any atom is -0.312 e. The van der Waals surface area contributed by atoms with Gasteiger partial charge in [-0.25, -0.2) is 9.37 Å². The maximum atomic E-state index is 12.9. The molecule has 0 saturated heterocycles. The van der Waals surface area contributed by atoms with Crippen LogP contribution in [0.25, 0.3) is 10.7 Å². The highest BCUT2D eigenvalue weighted by Gasteiger charge is 2.12. The number of hydrogen-bond acceptors (Lipinski definition) is 4. The van der Waals surface area contributed by atoms with Gasteiger partial charge < -0.3 is 5.32 Å². The Balaban J connectivity index is 2.27. The van der Waals surface area contributed by atoms with Gasteiger partial charge in [0.2, 0.25) is 0 Å². The SMILES string of the molecule is CCCc1nc(-c2ccc(F)cn2)sc1CNCC. The number of thiazole rings is 1. The second-order valence-corrected chi connectivity index (χ2v) is 5.36. The molecule has 0 unspecified atom stereocenters. The number of hydrogen-bond donors (Lipinski definition) is 1. The number of pyridine rings is 1. The highest BCUT2D eigenvalue weighted by atomic mass is 32.1. The van der Waals surface area contributed by atoms with Gasteiger partial charge in [-0.2, -0.15) is 0 Å². The van der Waals surface area contributed by atoms with Crippen LogP contribution in [0.5, 0.6) is 0 Å².